The summed E-state index contributed by atoms with van der Waals surface area (Å²) in [6.45, 7) is 0. The molecule has 0 atom stereocenters. The van der Waals surface area contributed by atoms with Crippen LogP contribution in [-0.4, -0.2) is 42.2 Å². The average molecular weight is 385 g/mol. The SMILES string of the molecule is CN(C)c1cc(NC(=O)NC2CCC(C(=O)O)CC2)ncc1Br. The lowest BCUT2D eigenvalue weighted by molar-refractivity contribution is -0.142. The Labute approximate surface area is 143 Å². The number of anilines is 2. The fraction of sp³-hybridized carbons (Fsp3) is 0.533. The van der Waals surface area contributed by atoms with E-state index in [1.807, 2.05) is 19.0 Å². The van der Waals surface area contributed by atoms with E-state index in [2.05, 4.69) is 31.5 Å². The zero-order valence-corrected chi connectivity index (χ0v) is 14.8. The van der Waals surface area contributed by atoms with E-state index < -0.39 is 5.97 Å². The largest absolute Gasteiger partial charge is 0.481 e. The van der Waals surface area contributed by atoms with E-state index in [1.54, 1.807) is 12.3 Å². The number of halogens is 1. The van der Waals surface area contributed by atoms with E-state index >= 15 is 0 Å². The van der Waals surface area contributed by atoms with Crippen molar-refractivity contribution in [2.75, 3.05) is 24.3 Å². The van der Waals surface area contributed by atoms with Crippen molar-refractivity contribution in [3.05, 3.63) is 16.7 Å². The monoisotopic (exact) mass is 384 g/mol. The van der Waals surface area contributed by atoms with Gasteiger partial charge in [-0.25, -0.2) is 9.78 Å². The second-order valence-corrected chi connectivity index (χ2v) is 6.75. The van der Waals surface area contributed by atoms with Gasteiger partial charge in [-0.05, 0) is 41.6 Å². The quantitative estimate of drug-likeness (QED) is 0.741. The number of rotatable bonds is 4. The van der Waals surface area contributed by atoms with Gasteiger partial charge in [-0.3, -0.25) is 10.1 Å². The van der Waals surface area contributed by atoms with Crippen LogP contribution in [0.2, 0.25) is 0 Å². The molecular weight excluding hydrogens is 364 g/mol. The number of carboxylic acids is 1. The van der Waals surface area contributed by atoms with Crippen molar-refractivity contribution < 1.29 is 14.7 Å². The van der Waals surface area contributed by atoms with E-state index in [0.29, 0.717) is 31.5 Å². The topological polar surface area (TPSA) is 94.6 Å². The summed E-state index contributed by atoms with van der Waals surface area (Å²) in [6.07, 6.45) is 4.20. The number of aliphatic carboxylic acids is 1. The first-order chi connectivity index (χ1) is 10.9. The molecule has 1 aromatic heterocycles. The molecule has 0 aromatic carbocycles. The summed E-state index contributed by atoms with van der Waals surface area (Å²) in [5, 5.41) is 14.6. The van der Waals surface area contributed by atoms with Crippen LogP contribution in [0.15, 0.2) is 16.7 Å². The van der Waals surface area contributed by atoms with Gasteiger partial charge in [-0.15, -0.1) is 0 Å². The second kappa shape index (κ2) is 7.63. The number of amides is 2. The number of urea groups is 1. The minimum Gasteiger partial charge on any atom is -0.481 e. The zero-order chi connectivity index (χ0) is 17.0. The van der Waals surface area contributed by atoms with Gasteiger partial charge in [-0.2, -0.15) is 0 Å². The van der Waals surface area contributed by atoms with E-state index in [4.69, 9.17) is 5.11 Å². The van der Waals surface area contributed by atoms with Crippen molar-refractivity contribution in [3.8, 4) is 0 Å². The number of carboxylic acid groups (broad SMARTS) is 1. The average Bonchev–Trinajstić information content (AvgIpc) is 2.49. The molecule has 1 fully saturated rings. The van der Waals surface area contributed by atoms with Gasteiger partial charge in [0, 0.05) is 32.4 Å². The smallest absolute Gasteiger partial charge is 0.320 e. The standard InChI is InChI=1S/C15H21BrN4O3/c1-20(2)12-7-13(17-8-11(12)16)19-15(23)18-10-5-3-9(4-6-10)14(21)22/h7-10H,3-6H2,1-2H3,(H,21,22)(H2,17,18,19,23). The highest BCUT2D eigenvalue weighted by atomic mass is 79.9. The Balaban J connectivity index is 1.88. The molecule has 0 unspecified atom stereocenters. The fourth-order valence-electron chi connectivity index (χ4n) is 2.66. The van der Waals surface area contributed by atoms with Gasteiger partial charge >= 0.3 is 12.0 Å². The lowest BCUT2D eigenvalue weighted by atomic mass is 9.86. The molecule has 1 aliphatic rings. The molecule has 2 amide bonds. The third-order valence-electron chi connectivity index (χ3n) is 3.97. The molecule has 1 aromatic rings. The van der Waals surface area contributed by atoms with Crippen LogP contribution < -0.4 is 15.5 Å². The Bertz CT molecular complexity index is 586. The maximum atomic E-state index is 12.1. The summed E-state index contributed by atoms with van der Waals surface area (Å²) in [7, 11) is 3.82. The van der Waals surface area contributed by atoms with Crippen molar-refractivity contribution in [1.29, 1.82) is 0 Å². The first-order valence-corrected chi connectivity index (χ1v) is 8.29. The van der Waals surface area contributed by atoms with E-state index in [1.165, 1.54) is 0 Å². The second-order valence-electron chi connectivity index (χ2n) is 5.90. The summed E-state index contributed by atoms with van der Waals surface area (Å²) in [6, 6.07) is 1.48. The van der Waals surface area contributed by atoms with Gasteiger partial charge in [0.25, 0.3) is 0 Å². The van der Waals surface area contributed by atoms with Crippen molar-refractivity contribution >= 4 is 39.4 Å². The fourth-order valence-corrected chi connectivity index (χ4v) is 3.23. The highest BCUT2D eigenvalue weighted by Gasteiger charge is 2.26. The Morgan fingerprint density at radius 1 is 1.30 bits per heavy atom. The lowest BCUT2D eigenvalue weighted by Gasteiger charge is -2.26. The molecular formula is C15H21BrN4O3. The van der Waals surface area contributed by atoms with Gasteiger partial charge in [0.05, 0.1) is 16.1 Å². The Morgan fingerprint density at radius 3 is 2.52 bits per heavy atom. The number of pyridine rings is 1. The predicted molar refractivity (Wildman–Crippen MR) is 91.8 cm³/mol. The number of hydrogen-bond donors (Lipinski definition) is 3. The molecule has 3 N–H and O–H groups in total. The lowest BCUT2D eigenvalue weighted by Crippen LogP contribution is -2.41. The number of carbonyl (C=O) groups excluding carboxylic acids is 1. The molecule has 0 spiro atoms. The molecule has 1 heterocycles. The van der Waals surface area contributed by atoms with Crippen LogP contribution in [0.1, 0.15) is 25.7 Å². The van der Waals surface area contributed by atoms with E-state index in [-0.39, 0.29) is 18.0 Å². The first kappa shape index (κ1) is 17.5. The van der Waals surface area contributed by atoms with Gasteiger partial charge in [0.2, 0.25) is 0 Å². The predicted octanol–water partition coefficient (Wildman–Crippen LogP) is 2.68. The van der Waals surface area contributed by atoms with Crippen LogP contribution >= 0.6 is 15.9 Å². The van der Waals surface area contributed by atoms with Gasteiger partial charge in [-0.1, -0.05) is 0 Å². The molecule has 2 rings (SSSR count). The molecule has 126 valence electrons. The van der Waals surface area contributed by atoms with Gasteiger partial charge in [0.1, 0.15) is 5.82 Å². The number of nitrogens with zero attached hydrogens (tertiary/aromatic N) is 2. The number of hydrogen-bond acceptors (Lipinski definition) is 4. The van der Waals surface area contributed by atoms with Crippen LogP contribution in [0.25, 0.3) is 0 Å². The summed E-state index contributed by atoms with van der Waals surface area (Å²) >= 11 is 3.41. The number of aromatic nitrogens is 1. The third kappa shape index (κ3) is 4.82. The molecule has 0 saturated heterocycles. The van der Waals surface area contributed by atoms with Crippen LogP contribution in [0, 0.1) is 5.92 Å². The van der Waals surface area contributed by atoms with Crippen LogP contribution in [-0.2, 0) is 4.79 Å². The Hall–Kier alpha value is -1.83. The number of nitrogens with one attached hydrogen (secondary N) is 2. The van der Waals surface area contributed by atoms with Crippen molar-refractivity contribution in [1.82, 2.24) is 10.3 Å². The summed E-state index contributed by atoms with van der Waals surface area (Å²) in [5.74, 6) is -0.566. The van der Waals surface area contributed by atoms with Crippen LogP contribution in [0.5, 0.6) is 0 Å². The van der Waals surface area contributed by atoms with Crippen LogP contribution in [0.3, 0.4) is 0 Å². The minimum absolute atomic E-state index is 0.00867. The van der Waals surface area contributed by atoms with E-state index in [0.717, 1.165) is 10.2 Å². The van der Waals surface area contributed by atoms with Crippen molar-refractivity contribution in [2.24, 2.45) is 5.92 Å². The molecule has 0 bridgehead atoms. The molecule has 0 aliphatic heterocycles. The minimum atomic E-state index is -0.747. The summed E-state index contributed by atoms with van der Waals surface area (Å²) in [4.78, 5) is 29.1. The van der Waals surface area contributed by atoms with Crippen LogP contribution in [0.4, 0.5) is 16.3 Å². The first-order valence-electron chi connectivity index (χ1n) is 7.50. The third-order valence-corrected chi connectivity index (χ3v) is 4.58. The highest BCUT2D eigenvalue weighted by molar-refractivity contribution is 9.10. The molecule has 7 nitrogen and oxygen atoms in total. The summed E-state index contributed by atoms with van der Waals surface area (Å²) in [5.41, 5.74) is 0.914. The van der Waals surface area contributed by atoms with Gasteiger partial charge in [0.15, 0.2) is 0 Å². The zero-order valence-electron chi connectivity index (χ0n) is 13.2. The van der Waals surface area contributed by atoms with E-state index in [9.17, 15) is 9.59 Å². The molecule has 0 radical (unpaired) electrons. The number of carbonyl (C=O) groups is 2. The summed E-state index contributed by atoms with van der Waals surface area (Å²) < 4.78 is 0.848. The maximum absolute atomic E-state index is 12.1. The normalized spacial score (nSPS) is 20.7. The Morgan fingerprint density at radius 2 is 1.96 bits per heavy atom. The van der Waals surface area contributed by atoms with Crippen molar-refractivity contribution in [2.45, 2.75) is 31.7 Å². The van der Waals surface area contributed by atoms with Gasteiger partial charge < -0.3 is 15.3 Å². The molecule has 23 heavy (non-hydrogen) atoms. The molecule has 8 heteroatoms. The maximum Gasteiger partial charge on any atom is 0.320 e. The molecule has 1 saturated carbocycles. The highest BCUT2D eigenvalue weighted by Crippen LogP contribution is 2.26. The van der Waals surface area contributed by atoms with Crippen molar-refractivity contribution in [3.63, 3.8) is 0 Å². The Kier molecular flexibility index (Phi) is 5.81. The molecule has 1 aliphatic carbocycles.